The molecule has 1 N–H and O–H groups in total. The van der Waals surface area contributed by atoms with E-state index < -0.39 is 0 Å². The molecule has 0 unspecified atom stereocenters. The minimum Gasteiger partial charge on any atom is -0.371 e. The summed E-state index contributed by atoms with van der Waals surface area (Å²) in [4.78, 5) is 23.3. The second-order valence-electron chi connectivity index (χ2n) is 2.91. The standard InChI is InChI=1S/C9H13NO4/c11-7-14-6-2-1-5-10-8(12)3-4-9(10)13/h3-4,11H,1-2,5-7H2. The molecule has 2 amide bonds. The van der Waals surface area contributed by atoms with Gasteiger partial charge in [0.15, 0.2) is 0 Å². The van der Waals surface area contributed by atoms with E-state index in [0.717, 1.165) is 6.42 Å². The van der Waals surface area contributed by atoms with Gasteiger partial charge in [-0.15, -0.1) is 0 Å². The first-order chi connectivity index (χ1) is 6.75. The Labute approximate surface area is 82.0 Å². The predicted octanol–water partition coefficient (Wildman–Crippen LogP) is -0.342. The molecule has 0 radical (unpaired) electrons. The van der Waals surface area contributed by atoms with Gasteiger partial charge in [-0.25, -0.2) is 0 Å². The Kier molecular flexibility index (Phi) is 4.28. The third kappa shape index (κ3) is 2.93. The molecule has 0 aromatic carbocycles. The van der Waals surface area contributed by atoms with Gasteiger partial charge in [-0.2, -0.15) is 0 Å². The van der Waals surface area contributed by atoms with Crippen molar-refractivity contribution < 1.29 is 19.4 Å². The molecule has 5 heteroatoms. The molecule has 1 rings (SSSR count). The zero-order valence-electron chi connectivity index (χ0n) is 7.81. The van der Waals surface area contributed by atoms with Gasteiger partial charge < -0.3 is 9.84 Å². The van der Waals surface area contributed by atoms with Gasteiger partial charge >= 0.3 is 0 Å². The molecule has 0 atom stereocenters. The van der Waals surface area contributed by atoms with E-state index in [1.54, 1.807) is 0 Å². The normalized spacial score (nSPS) is 15.6. The van der Waals surface area contributed by atoms with Crippen LogP contribution in [0.25, 0.3) is 0 Å². The van der Waals surface area contributed by atoms with Gasteiger partial charge in [-0.05, 0) is 12.8 Å². The lowest BCUT2D eigenvalue weighted by Gasteiger charge is -2.12. The van der Waals surface area contributed by atoms with Crippen LogP contribution >= 0.6 is 0 Å². The third-order valence-corrected chi connectivity index (χ3v) is 1.91. The molecule has 5 nitrogen and oxygen atoms in total. The molecular weight excluding hydrogens is 186 g/mol. The van der Waals surface area contributed by atoms with E-state index in [1.807, 2.05) is 0 Å². The lowest BCUT2D eigenvalue weighted by Crippen LogP contribution is -2.30. The van der Waals surface area contributed by atoms with Gasteiger partial charge in [0.1, 0.15) is 6.79 Å². The van der Waals surface area contributed by atoms with Crippen molar-refractivity contribution in [2.24, 2.45) is 0 Å². The van der Waals surface area contributed by atoms with Crippen LogP contribution in [-0.4, -0.2) is 41.8 Å². The van der Waals surface area contributed by atoms with E-state index >= 15 is 0 Å². The van der Waals surface area contributed by atoms with E-state index in [-0.39, 0.29) is 18.6 Å². The highest BCUT2D eigenvalue weighted by Gasteiger charge is 2.21. The Morgan fingerprint density at radius 3 is 2.43 bits per heavy atom. The van der Waals surface area contributed by atoms with Crippen LogP contribution in [0.1, 0.15) is 12.8 Å². The third-order valence-electron chi connectivity index (χ3n) is 1.91. The van der Waals surface area contributed by atoms with Crippen LogP contribution in [0, 0.1) is 0 Å². The molecular formula is C9H13NO4. The highest BCUT2D eigenvalue weighted by Crippen LogP contribution is 2.05. The molecule has 1 aliphatic rings. The molecule has 1 heterocycles. The predicted molar refractivity (Wildman–Crippen MR) is 48.1 cm³/mol. The first kappa shape index (κ1) is 10.9. The van der Waals surface area contributed by atoms with Crippen molar-refractivity contribution in [3.63, 3.8) is 0 Å². The van der Waals surface area contributed by atoms with Gasteiger partial charge in [-0.3, -0.25) is 14.5 Å². The second-order valence-corrected chi connectivity index (χ2v) is 2.91. The maximum absolute atomic E-state index is 11.1. The summed E-state index contributed by atoms with van der Waals surface area (Å²) in [6, 6.07) is 0. The molecule has 78 valence electrons. The van der Waals surface area contributed by atoms with Gasteiger partial charge in [0.2, 0.25) is 0 Å². The molecule has 0 aromatic heterocycles. The van der Waals surface area contributed by atoms with Crippen molar-refractivity contribution in [2.45, 2.75) is 12.8 Å². The Morgan fingerprint density at radius 1 is 1.21 bits per heavy atom. The monoisotopic (exact) mass is 199 g/mol. The van der Waals surface area contributed by atoms with Crippen LogP contribution in [0.3, 0.4) is 0 Å². The summed E-state index contributed by atoms with van der Waals surface area (Å²) >= 11 is 0. The lowest BCUT2D eigenvalue weighted by molar-refractivity contribution is -0.136. The Balaban J connectivity index is 2.13. The van der Waals surface area contributed by atoms with Crippen molar-refractivity contribution in [3.05, 3.63) is 12.2 Å². The van der Waals surface area contributed by atoms with Crippen LogP contribution in [0.2, 0.25) is 0 Å². The molecule has 1 aliphatic heterocycles. The number of carbonyl (C=O) groups excluding carboxylic acids is 2. The van der Waals surface area contributed by atoms with Crippen molar-refractivity contribution in [3.8, 4) is 0 Å². The zero-order chi connectivity index (χ0) is 10.4. The SMILES string of the molecule is O=C1C=CC(=O)N1CCCCOCO. The molecule has 0 aliphatic carbocycles. The maximum Gasteiger partial charge on any atom is 0.253 e. The van der Waals surface area contributed by atoms with Gasteiger partial charge in [0.05, 0.1) is 0 Å². The first-order valence-electron chi connectivity index (χ1n) is 4.48. The number of hydrogen-bond acceptors (Lipinski definition) is 4. The number of rotatable bonds is 6. The number of hydrogen-bond donors (Lipinski definition) is 1. The zero-order valence-corrected chi connectivity index (χ0v) is 7.81. The van der Waals surface area contributed by atoms with Crippen LogP contribution < -0.4 is 0 Å². The number of ether oxygens (including phenoxy) is 1. The average Bonchev–Trinajstić information content (AvgIpc) is 2.48. The van der Waals surface area contributed by atoms with Crippen molar-refractivity contribution in [1.82, 2.24) is 4.90 Å². The lowest BCUT2D eigenvalue weighted by atomic mass is 10.3. The Morgan fingerprint density at radius 2 is 1.86 bits per heavy atom. The summed E-state index contributed by atoms with van der Waals surface area (Å²) in [6.45, 7) is 0.572. The average molecular weight is 199 g/mol. The van der Waals surface area contributed by atoms with Gasteiger partial charge in [0.25, 0.3) is 11.8 Å². The minimum atomic E-state index is -0.289. The number of imide groups is 1. The molecule has 0 spiro atoms. The summed E-state index contributed by atoms with van der Waals surface area (Å²) in [7, 11) is 0. The summed E-state index contributed by atoms with van der Waals surface area (Å²) < 4.78 is 4.70. The van der Waals surface area contributed by atoms with Crippen LogP contribution in [0.5, 0.6) is 0 Å². The Hall–Kier alpha value is -1.20. The van der Waals surface area contributed by atoms with E-state index in [0.29, 0.717) is 19.6 Å². The summed E-state index contributed by atoms with van der Waals surface area (Å²) in [5.41, 5.74) is 0. The minimum absolute atomic E-state index is 0.252. The highest BCUT2D eigenvalue weighted by atomic mass is 16.6. The number of aliphatic hydroxyl groups excluding tert-OH is 1. The Bertz CT molecular complexity index is 231. The molecule has 0 fully saturated rings. The van der Waals surface area contributed by atoms with Crippen LogP contribution in [0.15, 0.2) is 12.2 Å². The van der Waals surface area contributed by atoms with Crippen LogP contribution in [0.4, 0.5) is 0 Å². The highest BCUT2D eigenvalue weighted by molar-refractivity contribution is 6.12. The second kappa shape index (κ2) is 5.51. The summed E-state index contributed by atoms with van der Waals surface area (Å²) in [5, 5.41) is 8.31. The molecule has 0 aromatic rings. The summed E-state index contributed by atoms with van der Waals surface area (Å²) in [5.74, 6) is -0.504. The molecule has 0 bridgehead atoms. The van der Waals surface area contributed by atoms with Crippen LogP contribution in [-0.2, 0) is 14.3 Å². The maximum atomic E-state index is 11.1. The number of amides is 2. The largest absolute Gasteiger partial charge is 0.371 e. The van der Waals surface area contributed by atoms with Crippen molar-refractivity contribution in [2.75, 3.05) is 19.9 Å². The van der Waals surface area contributed by atoms with E-state index in [4.69, 9.17) is 9.84 Å². The van der Waals surface area contributed by atoms with Crippen molar-refractivity contribution in [1.29, 1.82) is 0 Å². The number of unbranched alkanes of at least 4 members (excludes halogenated alkanes) is 1. The molecule has 0 saturated heterocycles. The van der Waals surface area contributed by atoms with E-state index in [1.165, 1.54) is 17.1 Å². The molecule has 0 saturated carbocycles. The fourth-order valence-corrected chi connectivity index (χ4v) is 1.19. The topological polar surface area (TPSA) is 66.8 Å². The first-order valence-corrected chi connectivity index (χ1v) is 4.48. The van der Waals surface area contributed by atoms with Crippen molar-refractivity contribution >= 4 is 11.8 Å². The molecule has 14 heavy (non-hydrogen) atoms. The van der Waals surface area contributed by atoms with E-state index in [9.17, 15) is 9.59 Å². The number of aliphatic hydroxyl groups is 1. The number of nitrogens with zero attached hydrogens (tertiary/aromatic N) is 1. The number of carbonyl (C=O) groups is 2. The van der Waals surface area contributed by atoms with Gasteiger partial charge in [-0.1, -0.05) is 0 Å². The van der Waals surface area contributed by atoms with E-state index in [2.05, 4.69) is 0 Å². The smallest absolute Gasteiger partial charge is 0.253 e. The fourth-order valence-electron chi connectivity index (χ4n) is 1.19. The quantitative estimate of drug-likeness (QED) is 0.361. The van der Waals surface area contributed by atoms with Gasteiger partial charge in [0, 0.05) is 25.3 Å². The summed E-state index contributed by atoms with van der Waals surface area (Å²) in [6.07, 6.45) is 3.95. The fraction of sp³-hybridized carbons (Fsp3) is 0.556.